The van der Waals surface area contributed by atoms with Gasteiger partial charge in [-0.1, -0.05) is 5.21 Å². The molecule has 0 radical (unpaired) electrons. The summed E-state index contributed by atoms with van der Waals surface area (Å²) < 4.78 is 2.71. The second-order valence-electron chi connectivity index (χ2n) is 5.62. The maximum atomic E-state index is 12.5. The van der Waals surface area contributed by atoms with E-state index in [1.54, 1.807) is 4.68 Å². The first-order valence-electron chi connectivity index (χ1n) is 7.21. The second-order valence-corrected chi connectivity index (χ2v) is 8.17. The average Bonchev–Trinajstić information content (AvgIpc) is 3.17. The van der Waals surface area contributed by atoms with Crippen LogP contribution in [0.3, 0.4) is 0 Å². The number of thiophene rings is 1. The summed E-state index contributed by atoms with van der Waals surface area (Å²) in [6, 6.07) is 3.07. The lowest BCUT2D eigenvalue weighted by atomic mass is 10.1. The third-order valence-electron chi connectivity index (χ3n) is 3.55. The molecule has 1 N–H and O–H groups in total. The Kier molecular flexibility index (Phi) is 4.49. The summed E-state index contributed by atoms with van der Waals surface area (Å²) in [6.07, 6.45) is 2.16. The molecule has 1 aliphatic rings. The van der Waals surface area contributed by atoms with Crippen molar-refractivity contribution >= 4 is 39.2 Å². The van der Waals surface area contributed by atoms with E-state index in [1.807, 2.05) is 32.2 Å². The molecule has 1 aliphatic heterocycles. The number of imide groups is 1. The monoisotopic (exact) mass is 397 g/mol. The van der Waals surface area contributed by atoms with Crippen molar-refractivity contribution in [1.29, 1.82) is 0 Å². The molecule has 9 heteroatoms. The van der Waals surface area contributed by atoms with E-state index in [-0.39, 0.29) is 24.5 Å². The number of hydrogen-bond acceptors (Lipinski definition) is 5. The van der Waals surface area contributed by atoms with E-state index in [0.29, 0.717) is 12.1 Å². The Labute approximate surface area is 145 Å². The van der Waals surface area contributed by atoms with Crippen LogP contribution in [0.25, 0.3) is 0 Å². The molecule has 1 atom stereocenters. The van der Waals surface area contributed by atoms with Gasteiger partial charge in [0.25, 0.3) is 5.91 Å². The minimum Gasteiger partial charge on any atom is -0.325 e. The van der Waals surface area contributed by atoms with Gasteiger partial charge in [-0.05, 0) is 41.9 Å². The zero-order valence-electron chi connectivity index (χ0n) is 12.7. The molecule has 1 fully saturated rings. The van der Waals surface area contributed by atoms with E-state index in [4.69, 9.17) is 0 Å². The van der Waals surface area contributed by atoms with Crippen LogP contribution in [0.2, 0.25) is 0 Å². The molecule has 0 aliphatic carbocycles. The van der Waals surface area contributed by atoms with E-state index in [0.717, 1.165) is 8.66 Å². The summed E-state index contributed by atoms with van der Waals surface area (Å²) in [5, 5.41) is 10.8. The van der Waals surface area contributed by atoms with Gasteiger partial charge in [-0.3, -0.25) is 9.69 Å². The number of carbonyl (C=O) groups is 2. The minimum absolute atomic E-state index is 0.207. The summed E-state index contributed by atoms with van der Waals surface area (Å²) in [5.74, 6) is -0.224. The van der Waals surface area contributed by atoms with Gasteiger partial charge in [0.05, 0.1) is 16.0 Å². The molecule has 7 nitrogen and oxygen atoms in total. The first-order chi connectivity index (χ1) is 10.9. The van der Waals surface area contributed by atoms with E-state index in [2.05, 4.69) is 31.6 Å². The Hall–Kier alpha value is -1.74. The molecule has 122 valence electrons. The van der Waals surface area contributed by atoms with Gasteiger partial charge in [-0.15, -0.1) is 16.4 Å². The van der Waals surface area contributed by atoms with Crippen LogP contribution in [0.4, 0.5) is 4.79 Å². The topological polar surface area (TPSA) is 80.1 Å². The first kappa shape index (κ1) is 16.1. The van der Waals surface area contributed by atoms with Crippen LogP contribution < -0.4 is 5.32 Å². The molecule has 0 saturated carbocycles. The normalized spacial score (nSPS) is 18.1. The van der Waals surface area contributed by atoms with E-state index >= 15 is 0 Å². The highest BCUT2D eigenvalue weighted by molar-refractivity contribution is 9.11. The summed E-state index contributed by atoms with van der Waals surface area (Å²) >= 11 is 4.89. The summed E-state index contributed by atoms with van der Waals surface area (Å²) in [7, 11) is 0. The maximum Gasteiger partial charge on any atom is 0.325 e. The molecule has 0 unspecified atom stereocenters. The summed E-state index contributed by atoms with van der Waals surface area (Å²) in [6.45, 7) is 4.29. The van der Waals surface area contributed by atoms with Crippen molar-refractivity contribution in [3.63, 3.8) is 0 Å². The Bertz CT molecular complexity index is 741. The summed E-state index contributed by atoms with van der Waals surface area (Å²) in [5.41, 5.74) is 0.693. The molecule has 2 aromatic heterocycles. The van der Waals surface area contributed by atoms with Crippen LogP contribution in [0.1, 0.15) is 30.5 Å². The lowest BCUT2D eigenvalue weighted by molar-refractivity contribution is -0.127. The largest absolute Gasteiger partial charge is 0.325 e. The molecule has 0 spiro atoms. The van der Waals surface area contributed by atoms with Gasteiger partial charge >= 0.3 is 6.03 Å². The molecular formula is C14H16BrN5O2S. The van der Waals surface area contributed by atoms with Crippen molar-refractivity contribution in [2.75, 3.05) is 0 Å². The number of nitrogens with one attached hydrogen (secondary N) is 1. The number of amides is 3. The Morgan fingerprint density at radius 2 is 2.17 bits per heavy atom. The number of urea groups is 1. The number of aromatic nitrogens is 3. The van der Waals surface area contributed by atoms with Crippen LogP contribution in [0.15, 0.2) is 22.1 Å². The molecule has 23 heavy (non-hydrogen) atoms. The van der Waals surface area contributed by atoms with Gasteiger partial charge in [-0.2, -0.15) is 0 Å². The van der Waals surface area contributed by atoms with E-state index in [9.17, 15) is 9.59 Å². The van der Waals surface area contributed by atoms with Crippen molar-refractivity contribution in [2.24, 2.45) is 0 Å². The number of nitrogens with zero attached hydrogens (tertiary/aromatic N) is 4. The Morgan fingerprint density at radius 1 is 1.39 bits per heavy atom. The van der Waals surface area contributed by atoms with Crippen LogP contribution in [-0.4, -0.2) is 37.9 Å². The van der Waals surface area contributed by atoms with Crippen LogP contribution in [0.5, 0.6) is 0 Å². The predicted octanol–water partition coefficient (Wildman–Crippen LogP) is 2.35. The number of halogens is 1. The fraction of sp³-hybridized carbons (Fsp3) is 0.429. The molecule has 3 rings (SSSR count). The predicted molar refractivity (Wildman–Crippen MR) is 89.0 cm³/mol. The van der Waals surface area contributed by atoms with Crippen LogP contribution in [0, 0.1) is 0 Å². The molecule has 1 saturated heterocycles. The van der Waals surface area contributed by atoms with Gasteiger partial charge in [0.15, 0.2) is 0 Å². The number of hydrogen-bond donors (Lipinski definition) is 1. The number of rotatable bonds is 5. The van der Waals surface area contributed by atoms with Crippen molar-refractivity contribution < 1.29 is 9.59 Å². The smallest absolute Gasteiger partial charge is 0.325 e. The quantitative estimate of drug-likeness (QED) is 0.785. The SMILES string of the molecule is CC(C)n1cc(C[C@H]2NC(=O)N(Cc3ccc(Br)s3)C2=O)nn1. The first-order valence-corrected chi connectivity index (χ1v) is 8.82. The van der Waals surface area contributed by atoms with Crippen molar-refractivity contribution in [1.82, 2.24) is 25.2 Å². The average molecular weight is 398 g/mol. The van der Waals surface area contributed by atoms with Gasteiger partial charge in [-0.25, -0.2) is 9.48 Å². The highest BCUT2D eigenvalue weighted by Gasteiger charge is 2.38. The fourth-order valence-corrected chi connectivity index (χ4v) is 3.80. The fourth-order valence-electron chi connectivity index (χ4n) is 2.33. The zero-order valence-corrected chi connectivity index (χ0v) is 15.1. The lowest BCUT2D eigenvalue weighted by Crippen LogP contribution is -2.32. The van der Waals surface area contributed by atoms with Gasteiger partial charge in [0.1, 0.15) is 6.04 Å². The molecule has 3 amide bonds. The van der Waals surface area contributed by atoms with Crippen molar-refractivity contribution in [3.05, 3.63) is 32.7 Å². The highest BCUT2D eigenvalue weighted by Crippen LogP contribution is 2.24. The highest BCUT2D eigenvalue weighted by atomic mass is 79.9. The third kappa shape index (κ3) is 3.45. The molecule has 2 aromatic rings. The van der Waals surface area contributed by atoms with Crippen molar-refractivity contribution in [2.45, 2.75) is 38.9 Å². The molecule has 3 heterocycles. The standard InChI is InChI=1S/C14H16BrN5O2S/c1-8(2)20-6-9(17-18-20)5-11-13(21)19(14(22)16-11)7-10-3-4-12(15)23-10/h3-4,6,8,11H,5,7H2,1-2H3,(H,16,22)/t11-/m1/s1. The Morgan fingerprint density at radius 3 is 2.78 bits per heavy atom. The zero-order chi connectivity index (χ0) is 16.6. The van der Waals surface area contributed by atoms with Crippen molar-refractivity contribution in [3.8, 4) is 0 Å². The van der Waals surface area contributed by atoms with E-state index < -0.39 is 6.04 Å². The molecule has 0 aromatic carbocycles. The molecular weight excluding hydrogens is 382 g/mol. The lowest BCUT2D eigenvalue weighted by Gasteiger charge is -2.11. The maximum absolute atomic E-state index is 12.5. The van der Waals surface area contributed by atoms with Gasteiger partial charge in [0.2, 0.25) is 0 Å². The van der Waals surface area contributed by atoms with Crippen LogP contribution >= 0.6 is 27.3 Å². The van der Waals surface area contributed by atoms with Gasteiger partial charge in [0, 0.05) is 23.5 Å². The second kappa shape index (κ2) is 6.40. The Balaban J connectivity index is 1.67. The summed E-state index contributed by atoms with van der Waals surface area (Å²) in [4.78, 5) is 26.7. The third-order valence-corrected chi connectivity index (χ3v) is 5.16. The van der Waals surface area contributed by atoms with E-state index in [1.165, 1.54) is 16.2 Å². The number of carbonyl (C=O) groups excluding carboxylic acids is 2. The van der Waals surface area contributed by atoms with Gasteiger partial charge < -0.3 is 5.32 Å². The molecule has 0 bridgehead atoms. The minimum atomic E-state index is -0.580. The van der Waals surface area contributed by atoms with Crippen LogP contribution in [-0.2, 0) is 17.8 Å².